The third-order valence-corrected chi connectivity index (χ3v) is 9.33. The Morgan fingerprint density at radius 1 is 0.870 bits per heavy atom. The van der Waals surface area contributed by atoms with E-state index in [-0.39, 0.29) is 29.5 Å². The van der Waals surface area contributed by atoms with Gasteiger partial charge in [-0.1, -0.05) is 61.5 Å². The minimum atomic E-state index is -4.32. The van der Waals surface area contributed by atoms with E-state index in [1.54, 1.807) is 12.1 Å². The second-order valence-corrected chi connectivity index (χ2v) is 12.7. The summed E-state index contributed by atoms with van der Waals surface area (Å²) in [6.07, 6.45) is 0.921. The van der Waals surface area contributed by atoms with Gasteiger partial charge in [-0.25, -0.2) is 12.8 Å². The smallest absolute Gasteiger partial charge is 0.264 e. The molecular formula is C36H40FN3O5S. The Balaban J connectivity index is 1.79. The summed E-state index contributed by atoms with van der Waals surface area (Å²) in [5.74, 6) is -0.979. The first kappa shape index (κ1) is 34.2. The summed E-state index contributed by atoms with van der Waals surface area (Å²) in [5, 5.41) is 2.93. The summed E-state index contributed by atoms with van der Waals surface area (Å²) in [4.78, 5) is 29.6. The molecule has 0 bridgehead atoms. The number of aryl methyl sites for hydroxylation is 1. The van der Waals surface area contributed by atoms with Crippen molar-refractivity contribution < 1.29 is 27.1 Å². The van der Waals surface area contributed by atoms with E-state index in [1.807, 2.05) is 75.4 Å². The first-order valence-electron chi connectivity index (χ1n) is 15.3. The fourth-order valence-corrected chi connectivity index (χ4v) is 6.44. The van der Waals surface area contributed by atoms with Crippen LogP contribution in [0.4, 0.5) is 10.1 Å². The zero-order valence-corrected chi connectivity index (χ0v) is 27.2. The Hall–Kier alpha value is -4.70. The van der Waals surface area contributed by atoms with Gasteiger partial charge in [0.25, 0.3) is 10.0 Å². The SMILES string of the molecule is CCCNC(=O)C(Cc1ccccc1)N(Cc1ccccc1C)C(=O)CN(c1ccc(F)cc1)S(=O)(=O)c1ccc(OCC)cc1. The molecule has 0 aromatic heterocycles. The number of carbonyl (C=O) groups excluding carboxylic acids is 2. The molecule has 0 spiro atoms. The summed E-state index contributed by atoms with van der Waals surface area (Å²) in [6, 6.07) is 26.8. The standard InChI is InChI=1S/C36H40FN3O5S/c1-4-23-38-36(42)34(24-28-12-7-6-8-13-28)39(25-29-14-10-9-11-27(29)3)35(41)26-40(31-17-15-30(37)16-18-31)46(43,44)33-21-19-32(20-22-33)45-5-2/h6-22,34H,4-5,23-26H2,1-3H3,(H,38,42). The summed E-state index contributed by atoms with van der Waals surface area (Å²) < 4.78 is 48.7. The molecule has 0 saturated carbocycles. The molecule has 0 saturated heterocycles. The van der Waals surface area contributed by atoms with Crippen LogP contribution in [0.2, 0.25) is 0 Å². The summed E-state index contributed by atoms with van der Waals surface area (Å²) in [7, 11) is -4.32. The number of ether oxygens (including phenoxy) is 1. The van der Waals surface area contributed by atoms with E-state index in [0.29, 0.717) is 25.3 Å². The monoisotopic (exact) mass is 645 g/mol. The van der Waals surface area contributed by atoms with Crippen LogP contribution in [0.25, 0.3) is 0 Å². The molecular weight excluding hydrogens is 605 g/mol. The molecule has 8 nitrogen and oxygen atoms in total. The maximum absolute atomic E-state index is 14.5. The van der Waals surface area contributed by atoms with Crippen molar-refractivity contribution >= 4 is 27.5 Å². The molecule has 46 heavy (non-hydrogen) atoms. The van der Waals surface area contributed by atoms with Crippen LogP contribution >= 0.6 is 0 Å². The van der Waals surface area contributed by atoms with Crippen molar-refractivity contribution in [1.29, 1.82) is 0 Å². The lowest BCUT2D eigenvalue weighted by atomic mass is 10.0. The highest BCUT2D eigenvalue weighted by molar-refractivity contribution is 7.92. The Bertz CT molecular complexity index is 1700. The third kappa shape index (κ3) is 8.72. The number of sulfonamides is 1. The normalized spacial score (nSPS) is 11.8. The van der Waals surface area contributed by atoms with Crippen LogP contribution in [-0.2, 0) is 32.6 Å². The zero-order chi connectivity index (χ0) is 33.1. The number of anilines is 1. The Kier molecular flexibility index (Phi) is 11.9. The fraction of sp³-hybridized carbons (Fsp3) is 0.278. The molecule has 0 aliphatic rings. The molecule has 0 heterocycles. The minimum absolute atomic E-state index is 0.0694. The average Bonchev–Trinajstić information content (AvgIpc) is 3.06. The van der Waals surface area contributed by atoms with Crippen molar-refractivity contribution in [2.24, 2.45) is 0 Å². The molecule has 1 atom stereocenters. The molecule has 1 N–H and O–H groups in total. The first-order valence-corrected chi connectivity index (χ1v) is 16.7. The maximum Gasteiger partial charge on any atom is 0.264 e. The number of rotatable bonds is 15. The lowest BCUT2D eigenvalue weighted by Crippen LogP contribution is -2.53. The van der Waals surface area contributed by atoms with Gasteiger partial charge in [-0.3, -0.25) is 13.9 Å². The van der Waals surface area contributed by atoms with Crippen LogP contribution in [0.1, 0.15) is 37.0 Å². The van der Waals surface area contributed by atoms with Crippen LogP contribution in [-0.4, -0.2) is 50.9 Å². The highest BCUT2D eigenvalue weighted by Gasteiger charge is 2.34. The number of carbonyl (C=O) groups is 2. The minimum Gasteiger partial charge on any atom is -0.494 e. The highest BCUT2D eigenvalue weighted by Crippen LogP contribution is 2.27. The van der Waals surface area contributed by atoms with Gasteiger partial charge in [-0.2, -0.15) is 0 Å². The lowest BCUT2D eigenvalue weighted by Gasteiger charge is -2.34. The van der Waals surface area contributed by atoms with Gasteiger partial charge in [0.2, 0.25) is 11.8 Å². The molecule has 0 aliphatic heterocycles. The van der Waals surface area contributed by atoms with Gasteiger partial charge in [0, 0.05) is 19.5 Å². The second kappa shape index (κ2) is 16.0. The predicted molar refractivity (Wildman–Crippen MR) is 178 cm³/mol. The van der Waals surface area contributed by atoms with Gasteiger partial charge in [0.05, 0.1) is 17.2 Å². The topological polar surface area (TPSA) is 96.0 Å². The molecule has 4 aromatic rings. The van der Waals surface area contributed by atoms with E-state index in [1.165, 1.54) is 29.2 Å². The number of amides is 2. The number of nitrogens with zero attached hydrogens (tertiary/aromatic N) is 2. The van der Waals surface area contributed by atoms with Gasteiger partial charge >= 0.3 is 0 Å². The van der Waals surface area contributed by atoms with E-state index in [2.05, 4.69) is 5.32 Å². The van der Waals surface area contributed by atoms with Crippen molar-refractivity contribution in [1.82, 2.24) is 10.2 Å². The molecule has 0 aliphatic carbocycles. The maximum atomic E-state index is 14.5. The average molecular weight is 646 g/mol. The number of halogens is 1. The van der Waals surface area contributed by atoms with Gasteiger partial charge in [-0.15, -0.1) is 0 Å². The molecule has 2 amide bonds. The van der Waals surface area contributed by atoms with Crippen molar-refractivity contribution in [2.45, 2.75) is 51.1 Å². The van der Waals surface area contributed by atoms with E-state index in [9.17, 15) is 22.4 Å². The molecule has 4 aromatic carbocycles. The Morgan fingerprint density at radius 2 is 1.52 bits per heavy atom. The quantitative estimate of drug-likeness (QED) is 0.174. The highest BCUT2D eigenvalue weighted by atomic mass is 32.2. The van der Waals surface area contributed by atoms with E-state index in [0.717, 1.165) is 33.1 Å². The third-order valence-electron chi connectivity index (χ3n) is 7.54. The molecule has 0 radical (unpaired) electrons. The first-order chi connectivity index (χ1) is 22.1. The van der Waals surface area contributed by atoms with E-state index in [4.69, 9.17) is 4.74 Å². The summed E-state index contributed by atoms with van der Waals surface area (Å²) in [5.41, 5.74) is 2.69. The Morgan fingerprint density at radius 3 is 2.15 bits per heavy atom. The van der Waals surface area contributed by atoms with Crippen LogP contribution in [0.5, 0.6) is 5.75 Å². The van der Waals surface area contributed by atoms with Crippen molar-refractivity contribution in [3.8, 4) is 5.75 Å². The van der Waals surface area contributed by atoms with Crippen LogP contribution in [0.15, 0.2) is 108 Å². The van der Waals surface area contributed by atoms with Crippen LogP contribution in [0, 0.1) is 12.7 Å². The molecule has 0 fully saturated rings. The van der Waals surface area contributed by atoms with Gasteiger partial charge in [-0.05, 0) is 85.5 Å². The fourth-order valence-electron chi connectivity index (χ4n) is 5.03. The number of hydrogen-bond acceptors (Lipinski definition) is 5. The number of benzene rings is 4. The molecule has 4 rings (SSSR count). The lowest BCUT2D eigenvalue weighted by molar-refractivity contribution is -0.140. The van der Waals surface area contributed by atoms with Crippen LogP contribution in [0.3, 0.4) is 0 Å². The predicted octanol–water partition coefficient (Wildman–Crippen LogP) is 5.89. The van der Waals surface area contributed by atoms with Gasteiger partial charge in [0.15, 0.2) is 0 Å². The van der Waals surface area contributed by atoms with Gasteiger partial charge in [0.1, 0.15) is 24.2 Å². The van der Waals surface area contributed by atoms with E-state index >= 15 is 0 Å². The molecule has 242 valence electrons. The van der Waals surface area contributed by atoms with Crippen molar-refractivity contribution in [3.63, 3.8) is 0 Å². The molecule has 10 heteroatoms. The van der Waals surface area contributed by atoms with Crippen molar-refractivity contribution in [3.05, 3.63) is 126 Å². The van der Waals surface area contributed by atoms with E-state index < -0.39 is 34.3 Å². The largest absolute Gasteiger partial charge is 0.494 e. The number of hydrogen-bond donors (Lipinski definition) is 1. The van der Waals surface area contributed by atoms with Crippen LogP contribution < -0.4 is 14.4 Å². The second-order valence-electron chi connectivity index (χ2n) is 10.8. The number of nitrogens with one attached hydrogen (secondary N) is 1. The summed E-state index contributed by atoms with van der Waals surface area (Å²) in [6.45, 7) is 5.96. The summed E-state index contributed by atoms with van der Waals surface area (Å²) >= 11 is 0. The zero-order valence-electron chi connectivity index (χ0n) is 26.4. The van der Waals surface area contributed by atoms with Gasteiger partial charge < -0.3 is 15.0 Å². The molecule has 1 unspecified atom stereocenters. The Labute approximate surface area is 270 Å². The van der Waals surface area contributed by atoms with Crippen molar-refractivity contribution in [2.75, 3.05) is 24.0 Å².